The van der Waals surface area contributed by atoms with Crippen molar-refractivity contribution in [1.82, 2.24) is 0 Å². The molecule has 0 rings (SSSR count). The minimum absolute atomic E-state index is 0.0302. The van der Waals surface area contributed by atoms with Gasteiger partial charge in [0.25, 0.3) is 0 Å². The van der Waals surface area contributed by atoms with Gasteiger partial charge >= 0.3 is 5.97 Å². The van der Waals surface area contributed by atoms with Gasteiger partial charge in [0.2, 0.25) is 0 Å². The highest BCUT2D eigenvalue weighted by Crippen LogP contribution is 1.97. The van der Waals surface area contributed by atoms with Crippen LogP contribution >= 0.6 is 0 Å². The van der Waals surface area contributed by atoms with E-state index >= 15 is 0 Å². The van der Waals surface area contributed by atoms with Gasteiger partial charge in [0.15, 0.2) is 0 Å². The molecule has 0 amide bonds. The summed E-state index contributed by atoms with van der Waals surface area (Å²) in [5.74, 6) is -0.690. The average molecular weight is 176 g/mol. The molecule has 0 aromatic carbocycles. The van der Waals surface area contributed by atoms with E-state index in [0.717, 1.165) is 6.42 Å². The molecule has 0 fully saturated rings. The Bertz CT molecular complexity index is 133. The van der Waals surface area contributed by atoms with Crippen LogP contribution in [0.15, 0.2) is 0 Å². The molecule has 72 valence electrons. The van der Waals surface area contributed by atoms with E-state index < -0.39 is 18.2 Å². The normalized spacial score (nSPS) is 15.3. The SMILES string of the molecule is CCCC(O)COC(=O)C(C)O. The molecule has 2 atom stereocenters. The maximum absolute atomic E-state index is 10.7. The average Bonchev–Trinajstić information content (AvgIpc) is 2.00. The molecular weight excluding hydrogens is 160 g/mol. The third kappa shape index (κ3) is 5.09. The first-order valence-electron chi connectivity index (χ1n) is 4.10. The standard InChI is InChI=1S/C8H16O4/c1-3-4-7(10)5-12-8(11)6(2)9/h6-7,9-10H,3-5H2,1-2H3. The minimum atomic E-state index is -1.11. The second-order valence-electron chi connectivity index (χ2n) is 2.75. The Morgan fingerprint density at radius 1 is 1.50 bits per heavy atom. The van der Waals surface area contributed by atoms with Crippen LogP contribution in [0, 0.1) is 0 Å². The van der Waals surface area contributed by atoms with Gasteiger partial charge in [-0.3, -0.25) is 0 Å². The van der Waals surface area contributed by atoms with Crippen molar-refractivity contribution in [1.29, 1.82) is 0 Å². The molecule has 4 heteroatoms. The molecular formula is C8H16O4. The number of rotatable bonds is 5. The lowest BCUT2D eigenvalue weighted by atomic mass is 10.2. The molecule has 12 heavy (non-hydrogen) atoms. The molecule has 0 saturated heterocycles. The van der Waals surface area contributed by atoms with Gasteiger partial charge in [0, 0.05) is 0 Å². The molecule has 4 nitrogen and oxygen atoms in total. The molecule has 0 saturated carbocycles. The Morgan fingerprint density at radius 2 is 2.08 bits per heavy atom. The number of hydrogen-bond acceptors (Lipinski definition) is 4. The summed E-state index contributed by atoms with van der Waals surface area (Å²) in [5.41, 5.74) is 0. The van der Waals surface area contributed by atoms with E-state index in [0.29, 0.717) is 6.42 Å². The fourth-order valence-electron chi connectivity index (χ4n) is 0.715. The first kappa shape index (κ1) is 11.4. The largest absolute Gasteiger partial charge is 0.461 e. The number of carbonyl (C=O) groups is 1. The lowest BCUT2D eigenvalue weighted by molar-refractivity contribution is -0.155. The first-order chi connectivity index (χ1) is 5.57. The summed E-state index contributed by atoms with van der Waals surface area (Å²) in [4.78, 5) is 10.7. The van der Waals surface area contributed by atoms with Crippen LogP contribution < -0.4 is 0 Å². The van der Waals surface area contributed by atoms with Crippen LogP contribution in [-0.2, 0) is 9.53 Å². The van der Waals surface area contributed by atoms with Gasteiger partial charge in [-0.2, -0.15) is 0 Å². The number of carbonyl (C=O) groups excluding carboxylic acids is 1. The third-order valence-electron chi connectivity index (χ3n) is 1.38. The van der Waals surface area contributed by atoms with Gasteiger partial charge in [-0.1, -0.05) is 13.3 Å². The summed E-state index contributed by atoms with van der Waals surface area (Å²) in [6.45, 7) is 3.23. The quantitative estimate of drug-likeness (QED) is 0.582. The van der Waals surface area contributed by atoms with Crippen LogP contribution in [0.2, 0.25) is 0 Å². The summed E-state index contributed by atoms with van der Waals surface area (Å²) < 4.78 is 4.58. The minimum Gasteiger partial charge on any atom is -0.461 e. The van der Waals surface area contributed by atoms with Gasteiger partial charge in [-0.25, -0.2) is 4.79 Å². The summed E-state index contributed by atoms with van der Waals surface area (Å²) in [5, 5.41) is 17.8. The van der Waals surface area contributed by atoms with E-state index in [2.05, 4.69) is 4.74 Å². The van der Waals surface area contributed by atoms with Crippen LogP contribution in [0.4, 0.5) is 0 Å². The second-order valence-corrected chi connectivity index (χ2v) is 2.75. The molecule has 0 bridgehead atoms. The molecule has 0 aromatic rings. The van der Waals surface area contributed by atoms with E-state index in [4.69, 9.17) is 10.2 Å². The second kappa shape index (κ2) is 5.97. The highest BCUT2D eigenvalue weighted by Gasteiger charge is 2.12. The fraction of sp³-hybridized carbons (Fsp3) is 0.875. The molecule has 0 aliphatic carbocycles. The van der Waals surface area contributed by atoms with Gasteiger partial charge in [0.1, 0.15) is 12.7 Å². The molecule has 0 spiro atoms. The van der Waals surface area contributed by atoms with Gasteiger partial charge in [-0.05, 0) is 13.3 Å². The zero-order valence-electron chi connectivity index (χ0n) is 7.49. The topological polar surface area (TPSA) is 66.8 Å². The zero-order chi connectivity index (χ0) is 9.56. The molecule has 2 unspecified atom stereocenters. The maximum atomic E-state index is 10.7. The van der Waals surface area contributed by atoms with E-state index in [1.165, 1.54) is 6.92 Å². The van der Waals surface area contributed by atoms with Crippen molar-refractivity contribution >= 4 is 5.97 Å². The van der Waals surface area contributed by atoms with Crippen LogP contribution in [0.3, 0.4) is 0 Å². The third-order valence-corrected chi connectivity index (χ3v) is 1.38. The van der Waals surface area contributed by atoms with E-state index in [1.807, 2.05) is 6.92 Å². The van der Waals surface area contributed by atoms with Crippen molar-refractivity contribution in [3.63, 3.8) is 0 Å². The summed E-state index contributed by atoms with van der Waals surface area (Å²) in [6, 6.07) is 0. The van der Waals surface area contributed by atoms with Crippen molar-refractivity contribution < 1.29 is 19.7 Å². The number of ether oxygens (including phenoxy) is 1. The lowest BCUT2D eigenvalue weighted by Gasteiger charge is -2.10. The Morgan fingerprint density at radius 3 is 2.50 bits per heavy atom. The van der Waals surface area contributed by atoms with Gasteiger partial charge in [0.05, 0.1) is 6.10 Å². The first-order valence-corrected chi connectivity index (χ1v) is 4.10. The van der Waals surface area contributed by atoms with E-state index in [-0.39, 0.29) is 6.61 Å². The molecule has 0 radical (unpaired) electrons. The summed E-state index contributed by atoms with van der Waals surface area (Å²) in [7, 11) is 0. The van der Waals surface area contributed by atoms with E-state index in [1.54, 1.807) is 0 Å². The number of esters is 1. The zero-order valence-corrected chi connectivity index (χ0v) is 7.49. The Balaban J connectivity index is 3.47. The number of aliphatic hydroxyl groups excluding tert-OH is 2. The van der Waals surface area contributed by atoms with Crippen LogP contribution in [0.5, 0.6) is 0 Å². The molecule has 2 N–H and O–H groups in total. The highest BCUT2D eigenvalue weighted by atomic mass is 16.6. The predicted octanol–water partition coefficient (Wildman–Crippen LogP) is 0.0714. The van der Waals surface area contributed by atoms with Crippen molar-refractivity contribution in [3.8, 4) is 0 Å². The smallest absolute Gasteiger partial charge is 0.334 e. The molecule has 0 aromatic heterocycles. The molecule has 0 heterocycles. The maximum Gasteiger partial charge on any atom is 0.334 e. The number of aliphatic hydroxyl groups is 2. The van der Waals surface area contributed by atoms with Crippen LogP contribution in [0.25, 0.3) is 0 Å². The fourth-order valence-corrected chi connectivity index (χ4v) is 0.715. The monoisotopic (exact) mass is 176 g/mol. The Labute approximate surface area is 72.2 Å². The highest BCUT2D eigenvalue weighted by molar-refractivity contribution is 5.73. The van der Waals surface area contributed by atoms with Gasteiger partial charge in [-0.15, -0.1) is 0 Å². The van der Waals surface area contributed by atoms with Crippen LogP contribution in [-0.4, -0.2) is 35.0 Å². The molecule has 0 aliphatic heterocycles. The van der Waals surface area contributed by atoms with E-state index in [9.17, 15) is 4.79 Å². The molecule has 0 aliphatic rings. The number of hydrogen-bond donors (Lipinski definition) is 2. The van der Waals surface area contributed by atoms with Crippen molar-refractivity contribution in [2.24, 2.45) is 0 Å². The van der Waals surface area contributed by atoms with Crippen molar-refractivity contribution in [3.05, 3.63) is 0 Å². The Kier molecular flexibility index (Phi) is 5.66. The lowest BCUT2D eigenvalue weighted by Crippen LogP contribution is -2.24. The van der Waals surface area contributed by atoms with Crippen LogP contribution in [0.1, 0.15) is 26.7 Å². The van der Waals surface area contributed by atoms with Gasteiger partial charge < -0.3 is 14.9 Å². The summed E-state index contributed by atoms with van der Waals surface area (Å²) in [6.07, 6.45) is -0.281. The van der Waals surface area contributed by atoms with Crippen molar-refractivity contribution in [2.45, 2.75) is 38.9 Å². The summed E-state index contributed by atoms with van der Waals surface area (Å²) >= 11 is 0. The predicted molar refractivity (Wildman–Crippen MR) is 43.6 cm³/mol. The Hall–Kier alpha value is -0.610. The van der Waals surface area contributed by atoms with Crippen molar-refractivity contribution in [2.75, 3.05) is 6.61 Å².